The van der Waals surface area contributed by atoms with E-state index in [2.05, 4.69) is 6.07 Å². The molecule has 0 aliphatic rings. The molecule has 0 fully saturated rings. The highest BCUT2D eigenvalue weighted by Crippen LogP contribution is 2.19. The molecule has 1 rings (SSSR count). The van der Waals surface area contributed by atoms with Gasteiger partial charge in [0.05, 0.1) is 23.8 Å². The van der Waals surface area contributed by atoms with E-state index in [9.17, 15) is 4.79 Å². The number of rotatable bonds is 5. The van der Waals surface area contributed by atoms with Gasteiger partial charge in [-0.25, -0.2) is 4.79 Å². The minimum Gasteiger partial charge on any atom is -0.461 e. The molecule has 0 radical (unpaired) electrons. The standard InChI is InChI=1S/C13H19N3O2/c1-4-16-8-10(15)7-11(16)12(17)18-6-5-13(2,3)9-14/h7-8H,4-6,15H2,1-3H3. The number of hydrogen-bond acceptors (Lipinski definition) is 4. The minimum atomic E-state index is -0.480. The highest BCUT2D eigenvalue weighted by molar-refractivity contribution is 5.89. The summed E-state index contributed by atoms with van der Waals surface area (Å²) >= 11 is 0. The molecule has 1 aromatic heterocycles. The van der Waals surface area contributed by atoms with Gasteiger partial charge < -0.3 is 15.0 Å². The zero-order chi connectivity index (χ0) is 13.8. The Kier molecular flexibility index (Phi) is 4.38. The van der Waals surface area contributed by atoms with Crippen LogP contribution in [0.3, 0.4) is 0 Å². The predicted molar refractivity (Wildman–Crippen MR) is 68.8 cm³/mol. The summed E-state index contributed by atoms with van der Waals surface area (Å²) in [6.07, 6.45) is 2.22. The molecule has 0 amide bonds. The summed E-state index contributed by atoms with van der Waals surface area (Å²) in [5.74, 6) is -0.401. The van der Waals surface area contributed by atoms with Crippen LogP contribution in [0, 0.1) is 16.7 Å². The first-order chi connectivity index (χ1) is 8.39. The first-order valence-electron chi connectivity index (χ1n) is 5.93. The van der Waals surface area contributed by atoms with Crippen LogP contribution in [-0.4, -0.2) is 17.1 Å². The van der Waals surface area contributed by atoms with Crippen molar-refractivity contribution >= 4 is 11.7 Å². The van der Waals surface area contributed by atoms with Crippen LogP contribution in [0.25, 0.3) is 0 Å². The summed E-state index contributed by atoms with van der Waals surface area (Å²) in [5.41, 5.74) is 6.15. The molecule has 0 bridgehead atoms. The third-order valence-corrected chi connectivity index (χ3v) is 2.73. The van der Waals surface area contributed by atoms with Gasteiger partial charge in [0.25, 0.3) is 0 Å². The maximum Gasteiger partial charge on any atom is 0.355 e. The predicted octanol–water partition coefficient (Wildman–Crippen LogP) is 2.19. The van der Waals surface area contributed by atoms with Gasteiger partial charge in [0.1, 0.15) is 5.69 Å². The Labute approximate surface area is 107 Å². The van der Waals surface area contributed by atoms with Gasteiger partial charge in [-0.15, -0.1) is 0 Å². The fraction of sp³-hybridized carbons (Fsp3) is 0.538. The van der Waals surface area contributed by atoms with E-state index >= 15 is 0 Å². The molecule has 5 heteroatoms. The summed E-state index contributed by atoms with van der Waals surface area (Å²) in [6, 6.07) is 3.76. The van der Waals surface area contributed by atoms with E-state index in [0.717, 1.165) is 0 Å². The molecular weight excluding hydrogens is 230 g/mol. The molecule has 1 heterocycles. The van der Waals surface area contributed by atoms with Crippen molar-refractivity contribution in [1.82, 2.24) is 4.57 Å². The van der Waals surface area contributed by atoms with Crippen LogP contribution in [0.1, 0.15) is 37.7 Å². The Morgan fingerprint density at radius 3 is 2.83 bits per heavy atom. The number of carbonyl (C=O) groups excluding carboxylic acids is 1. The molecule has 0 aliphatic carbocycles. The SMILES string of the molecule is CCn1cc(N)cc1C(=O)OCCC(C)(C)C#N. The number of aromatic nitrogens is 1. The maximum atomic E-state index is 11.8. The summed E-state index contributed by atoms with van der Waals surface area (Å²) in [7, 11) is 0. The van der Waals surface area contributed by atoms with Gasteiger partial charge in [0, 0.05) is 12.7 Å². The molecule has 0 saturated carbocycles. The first-order valence-corrected chi connectivity index (χ1v) is 5.93. The van der Waals surface area contributed by atoms with Crippen LogP contribution < -0.4 is 5.73 Å². The number of esters is 1. The largest absolute Gasteiger partial charge is 0.461 e. The van der Waals surface area contributed by atoms with Gasteiger partial charge >= 0.3 is 5.97 Å². The Morgan fingerprint density at radius 2 is 2.28 bits per heavy atom. The van der Waals surface area contributed by atoms with E-state index in [1.54, 1.807) is 16.8 Å². The van der Waals surface area contributed by atoms with Gasteiger partial charge in [0.15, 0.2) is 0 Å². The Hall–Kier alpha value is -1.96. The lowest BCUT2D eigenvalue weighted by molar-refractivity contribution is 0.0462. The quantitative estimate of drug-likeness (QED) is 0.811. The number of hydrogen-bond donors (Lipinski definition) is 1. The molecular formula is C13H19N3O2. The van der Waals surface area contributed by atoms with Crippen molar-refractivity contribution in [2.24, 2.45) is 5.41 Å². The highest BCUT2D eigenvalue weighted by Gasteiger charge is 2.19. The molecule has 0 aliphatic heterocycles. The summed E-state index contributed by atoms with van der Waals surface area (Å²) < 4.78 is 6.90. The minimum absolute atomic E-state index is 0.230. The monoisotopic (exact) mass is 249 g/mol. The first kappa shape index (κ1) is 14.1. The van der Waals surface area contributed by atoms with Gasteiger partial charge in [-0.3, -0.25) is 0 Å². The summed E-state index contributed by atoms with van der Waals surface area (Å²) in [5, 5.41) is 8.85. The molecule has 0 atom stereocenters. The smallest absolute Gasteiger partial charge is 0.355 e. The number of ether oxygens (including phenoxy) is 1. The molecule has 98 valence electrons. The maximum absolute atomic E-state index is 11.8. The average Bonchev–Trinajstić information content (AvgIpc) is 2.70. The molecule has 0 saturated heterocycles. The number of carbonyl (C=O) groups is 1. The third-order valence-electron chi connectivity index (χ3n) is 2.73. The van der Waals surface area contributed by atoms with Crippen LogP contribution in [0.5, 0.6) is 0 Å². The van der Waals surface area contributed by atoms with Crippen molar-refractivity contribution in [1.29, 1.82) is 5.26 Å². The molecule has 18 heavy (non-hydrogen) atoms. The lowest BCUT2D eigenvalue weighted by atomic mass is 9.92. The number of nitriles is 1. The summed E-state index contributed by atoms with van der Waals surface area (Å²) in [6.45, 7) is 6.44. The average molecular weight is 249 g/mol. The Morgan fingerprint density at radius 1 is 1.61 bits per heavy atom. The third kappa shape index (κ3) is 3.52. The summed E-state index contributed by atoms with van der Waals surface area (Å²) in [4.78, 5) is 11.8. The van der Waals surface area contributed by atoms with Crippen LogP contribution in [-0.2, 0) is 11.3 Å². The number of anilines is 1. The second-order valence-electron chi connectivity index (χ2n) is 4.83. The normalized spacial score (nSPS) is 11.0. The van der Waals surface area contributed by atoms with Crippen LogP contribution >= 0.6 is 0 Å². The van der Waals surface area contributed by atoms with Gasteiger partial charge in [-0.05, 0) is 33.3 Å². The van der Waals surface area contributed by atoms with E-state index in [4.69, 9.17) is 15.7 Å². The van der Waals surface area contributed by atoms with Gasteiger partial charge in [-0.2, -0.15) is 5.26 Å². The number of nitrogens with zero attached hydrogens (tertiary/aromatic N) is 2. The van der Waals surface area contributed by atoms with E-state index in [-0.39, 0.29) is 6.61 Å². The van der Waals surface area contributed by atoms with Crippen LogP contribution in [0.4, 0.5) is 5.69 Å². The topological polar surface area (TPSA) is 81.0 Å². The van der Waals surface area contributed by atoms with Crippen molar-refractivity contribution < 1.29 is 9.53 Å². The molecule has 0 unspecified atom stereocenters. The molecule has 5 nitrogen and oxygen atoms in total. The van der Waals surface area contributed by atoms with E-state index in [0.29, 0.717) is 24.3 Å². The lowest BCUT2D eigenvalue weighted by Gasteiger charge is -2.14. The van der Waals surface area contributed by atoms with Crippen molar-refractivity contribution in [2.45, 2.75) is 33.7 Å². The van der Waals surface area contributed by atoms with E-state index < -0.39 is 11.4 Å². The fourth-order valence-electron chi connectivity index (χ4n) is 1.49. The molecule has 0 spiro atoms. The number of nitrogen functional groups attached to an aromatic ring is 1. The highest BCUT2D eigenvalue weighted by atomic mass is 16.5. The molecule has 0 aromatic carbocycles. The molecule has 2 N–H and O–H groups in total. The number of nitrogens with two attached hydrogens (primary N) is 1. The second-order valence-corrected chi connectivity index (χ2v) is 4.83. The van der Waals surface area contributed by atoms with Crippen molar-refractivity contribution in [2.75, 3.05) is 12.3 Å². The Balaban J connectivity index is 2.59. The zero-order valence-electron chi connectivity index (χ0n) is 11.1. The fourth-order valence-corrected chi connectivity index (χ4v) is 1.49. The van der Waals surface area contributed by atoms with Crippen LogP contribution in [0.15, 0.2) is 12.3 Å². The zero-order valence-corrected chi connectivity index (χ0v) is 11.1. The Bertz CT molecular complexity index is 469. The van der Waals surface area contributed by atoms with Gasteiger partial charge in [-0.1, -0.05) is 0 Å². The van der Waals surface area contributed by atoms with Crippen molar-refractivity contribution in [3.05, 3.63) is 18.0 Å². The van der Waals surface area contributed by atoms with Crippen molar-refractivity contribution in [3.63, 3.8) is 0 Å². The second kappa shape index (κ2) is 5.58. The lowest BCUT2D eigenvalue weighted by Crippen LogP contribution is -2.16. The molecule has 1 aromatic rings. The van der Waals surface area contributed by atoms with E-state index in [1.807, 2.05) is 20.8 Å². The number of aryl methyl sites for hydroxylation is 1. The van der Waals surface area contributed by atoms with E-state index in [1.165, 1.54) is 0 Å². The van der Waals surface area contributed by atoms with Crippen molar-refractivity contribution in [3.8, 4) is 6.07 Å². The van der Waals surface area contributed by atoms with Crippen LogP contribution in [0.2, 0.25) is 0 Å². The van der Waals surface area contributed by atoms with Gasteiger partial charge in [0.2, 0.25) is 0 Å².